The second kappa shape index (κ2) is 12.1. The number of unbranched alkanes of at least 4 members (excludes halogenated alkanes) is 7. The van der Waals surface area contributed by atoms with Gasteiger partial charge in [-0.05, 0) is 26.2 Å². The fourth-order valence-corrected chi connectivity index (χ4v) is 2.79. The Hall–Kier alpha value is 0.0249. The number of hydrogen-bond donors (Lipinski definition) is 1. The molecule has 0 aliphatic carbocycles. The molecule has 0 rings (SSSR count). The van der Waals surface area contributed by atoms with Gasteiger partial charge in [0, 0.05) is 5.54 Å². The third-order valence-corrected chi connectivity index (χ3v) is 4.02. The van der Waals surface area contributed by atoms with Gasteiger partial charge in [-0.2, -0.15) is 0 Å². The summed E-state index contributed by atoms with van der Waals surface area (Å²) in [4.78, 5) is 0. The molecule has 1 nitrogen and oxygen atoms in total. The van der Waals surface area contributed by atoms with E-state index < -0.39 is 0 Å². The molecule has 0 aliphatic heterocycles. The molecule has 18 heavy (non-hydrogen) atoms. The van der Waals surface area contributed by atoms with Crippen molar-refractivity contribution in [3.63, 3.8) is 0 Å². The van der Waals surface area contributed by atoms with Crippen LogP contribution in [0.4, 0.5) is 0 Å². The fourth-order valence-electron chi connectivity index (χ4n) is 2.79. The predicted molar refractivity (Wildman–Crippen MR) is 87.1 cm³/mol. The Bertz CT molecular complexity index is 172. The lowest BCUT2D eigenvalue weighted by molar-refractivity contribution is 0.302. The summed E-state index contributed by atoms with van der Waals surface area (Å²) in [6.07, 6.45) is 16.4. The summed E-state index contributed by atoms with van der Waals surface area (Å²) in [6, 6.07) is 0. The minimum Gasteiger partial charge on any atom is -0.320 e. The molecule has 2 heteroatoms. The number of hydrogen-bond acceptors (Lipinski definition) is 1. The largest absolute Gasteiger partial charge is 0.320 e. The van der Waals surface area contributed by atoms with Gasteiger partial charge < -0.3 is 5.32 Å². The molecule has 0 saturated heterocycles. The third-order valence-electron chi connectivity index (χ3n) is 4.02. The summed E-state index contributed by atoms with van der Waals surface area (Å²) in [5.41, 5.74) is 0.398. The quantitative estimate of drug-likeness (QED) is 0.382. The van der Waals surface area contributed by atoms with Crippen LogP contribution in [0.5, 0.6) is 0 Å². The van der Waals surface area contributed by atoms with Gasteiger partial charge in [-0.3, -0.25) is 0 Å². The monoisotopic (exact) mass is 253 g/mol. The van der Waals surface area contributed by atoms with Gasteiger partial charge in [0.15, 0.2) is 0 Å². The Morgan fingerprint density at radius 2 is 1.22 bits per heavy atom. The maximum absolute atomic E-state index is 3.73. The van der Waals surface area contributed by atoms with Crippen molar-refractivity contribution in [1.29, 1.82) is 0 Å². The Labute approximate surface area is 117 Å². The number of nitrogens with one attached hydrogen (secondary N) is 1. The Balaban J connectivity index is 3.78. The minimum absolute atomic E-state index is 0.398. The van der Waals surface area contributed by atoms with E-state index in [1.54, 1.807) is 0 Å². The molecule has 0 aliphatic rings. The predicted octanol–water partition coefficient (Wildman–Crippen LogP) is 4.26. The standard InChI is InChI=1S/C16H36BN/c1-4-6-8-10-12-14-16(3,18-15-17)13-11-9-7-5-2/h18H,4-15,17H2,1-3H3. The van der Waals surface area contributed by atoms with Crippen molar-refractivity contribution in [2.75, 3.05) is 6.44 Å². The Kier molecular flexibility index (Phi) is 12.1. The highest BCUT2D eigenvalue weighted by Gasteiger charge is 2.21. The summed E-state index contributed by atoms with van der Waals surface area (Å²) in [5.74, 6) is 0. The maximum atomic E-state index is 3.73. The fraction of sp³-hybridized carbons (Fsp3) is 1.00. The molecule has 0 spiro atoms. The van der Waals surface area contributed by atoms with Crippen LogP contribution in [0.15, 0.2) is 0 Å². The van der Waals surface area contributed by atoms with Crippen molar-refractivity contribution >= 4 is 7.85 Å². The molecule has 0 fully saturated rings. The molecule has 0 heterocycles. The van der Waals surface area contributed by atoms with Crippen molar-refractivity contribution < 1.29 is 0 Å². The van der Waals surface area contributed by atoms with Crippen molar-refractivity contribution in [3.05, 3.63) is 0 Å². The molecule has 1 atom stereocenters. The van der Waals surface area contributed by atoms with Gasteiger partial charge in [-0.1, -0.05) is 71.6 Å². The molecule has 0 bridgehead atoms. The smallest absolute Gasteiger partial charge is 0.119 e. The zero-order valence-electron chi connectivity index (χ0n) is 13.5. The van der Waals surface area contributed by atoms with Crippen LogP contribution in [0, 0.1) is 0 Å². The second-order valence-electron chi connectivity index (χ2n) is 6.07. The van der Waals surface area contributed by atoms with E-state index >= 15 is 0 Å². The Morgan fingerprint density at radius 1 is 0.778 bits per heavy atom. The van der Waals surface area contributed by atoms with Crippen LogP contribution in [-0.4, -0.2) is 19.8 Å². The molecule has 108 valence electrons. The molecule has 1 N–H and O–H groups in total. The highest BCUT2D eigenvalue weighted by molar-refractivity contribution is 6.08. The SMILES string of the molecule is BCNC(C)(CCCCCC)CCCCCCC. The van der Waals surface area contributed by atoms with Gasteiger partial charge in [0.2, 0.25) is 0 Å². The zero-order valence-corrected chi connectivity index (χ0v) is 13.5. The zero-order chi connectivity index (χ0) is 13.7. The minimum atomic E-state index is 0.398. The van der Waals surface area contributed by atoms with Crippen molar-refractivity contribution in [2.24, 2.45) is 0 Å². The van der Waals surface area contributed by atoms with Gasteiger partial charge in [0.25, 0.3) is 0 Å². The Morgan fingerprint density at radius 3 is 1.67 bits per heavy atom. The van der Waals surface area contributed by atoms with E-state index in [1.165, 1.54) is 70.6 Å². The summed E-state index contributed by atoms with van der Waals surface area (Å²) in [6.45, 7) is 7.01. The normalized spacial score (nSPS) is 14.6. The van der Waals surface area contributed by atoms with Crippen LogP contribution in [0.2, 0.25) is 0 Å². The van der Waals surface area contributed by atoms with Crippen molar-refractivity contribution in [1.82, 2.24) is 5.32 Å². The lowest BCUT2D eigenvalue weighted by atomic mass is 9.87. The average Bonchev–Trinajstić information content (AvgIpc) is 2.35. The second-order valence-corrected chi connectivity index (χ2v) is 6.07. The summed E-state index contributed by atoms with van der Waals surface area (Å²) in [7, 11) is 2.24. The maximum Gasteiger partial charge on any atom is 0.119 e. The lowest BCUT2D eigenvalue weighted by Crippen LogP contribution is -2.43. The third kappa shape index (κ3) is 9.99. The molecule has 0 aromatic heterocycles. The molecule has 0 amide bonds. The molecular formula is C16H36BN. The van der Waals surface area contributed by atoms with E-state index in [1.807, 2.05) is 0 Å². The van der Waals surface area contributed by atoms with Crippen molar-refractivity contribution in [3.8, 4) is 0 Å². The van der Waals surface area contributed by atoms with Gasteiger partial charge in [-0.15, -0.1) is 0 Å². The molecule has 0 aromatic rings. The van der Waals surface area contributed by atoms with Gasteiger partial charge in [0.05, 0.1) is 0 Å². The average molecular weight is 253 g/mol. The topological polar surface area (TPSA) is 12.0 Å². The number of rotatable bonds is 13. The first kappa shape index (κ1) is 18.0. The highest BCUT2D eigenvalue weighted by Crippen LogP contribution is 2.22. The first-order valence-corrected chi connectivity index (χ1v) is 8.43. The van der Waals surface area contributed by atoms with E-state index in [-0.39, 0.29) is 0 Å². The summed E-state index contributed by atoms with van der Waals surface area (Å²) < 4.78 is 0. The molecular weight excluding hydrogens is 217 g/mol. The summed E-state index contributed by atoms with van der Waals surface area (Å²) in [5, 5.41) is 3.73. The van der Waals surface area contributed by atoms with Gasteiger partial charge in [-0.25, -0.2) is 0 Å². The van der Waals surface area contributed by atoms with Crippen LogP contribution in [0.1, 0.15) is 91.4 Å². The van der Waals surface area contributed by atoms with Crippen LogP contribution in [-0.2, 0) is 0 Å². The van der Waals surface area contributed by atoms with E-state index in [0.717, 1.165) is 6.44 Å². The van der Waals surface area contributed by atoms with E-state index in [2.05, 4.69) is 33.9 Å². The van der Waals surface area contributed by atoms with Crippen molar-refractivity contribution in [2.45, 2.75) is 96.9 Å². The molecule has 1 unspecified atom stereocenters. The first-order valence-electron chi connectivity index (χ1n) is 8.43. The summed E-state index contributed by atoms with van der Waals surface area (Å²) >= 11 is 0. The van der Waals surface area contributed by atoms with Crippen LogP contribution in [0.3, 0.4) is 0 Å². The highest BCUT2D eigenvalue weighted by atomic mass is 14.9. The lowest BCUT2D eigenvalue weighted by Gasteiger charge is -2.31. The van der Waals surface area contributed by atoms with Crippen LogP contribution in [0.25, 0.3) is 0 Å². The van der Waals surface area contributed by atoms with Gasteiger partial charge >= 0.3 is 0 Å². The van der Waals surface area contributed by atoms with Gasteiger partial charge in [0.1, 0.15) is 7.85 Å². The first-order chi connectivity index (χ1) is 8.68. The van der Waals surface area contributed by atoms with Crippen LogP contribution >= 0.6 is 0 Å². The van der Waals surface area contributed by atoms with E-state index in [0.29, 0.717) is 5.54 Å². The van der Waals surface area contributed by atoms with Crippen LogP contribution < -0.4 is 5.32 Å². The van der Waals surface area contributed by atoms with E-state index in [4.69, 9.17) is 0 Å². The molecule has 0 radical (unpaired) electrons. The molecule has 0 aromatic carbocycles. The van der Waals surface area contributed by atoms with E-state index in [9.17, 15) is 0 Å². The molecule has 0 saturated carbocycles.